The molecule has 0 amide bonds. The molecule has 0 bridgehead atoms. The molecule has 5 nitrogen and oxygen atoms in total. The molecule has 0 atom stereocenters. The molecule has 42 heavy (non-hydrogen) atoms. The number of methoxy groups -OCH3 is 3. The van der Waals surface area contributed by atoms with Gasteiger partial charge in [0.25, 0.3) is 0 Å². The second-order valence-electron chi connectivity index (χ2n) is 11.5. The minimum atomic E-state index is 0. The molecule has 1 aliphatic rings. The van der Waals surface area contributed by atoms with Crippen LogP contribution < -0.4 is 36.5 Å². The van der Waals surface area contributed by atoms with Crippen molar-refractivity contribution in [2.45, 2.75) is 117 Å². The highest BCUT2D eigenvalue weighted by molar-refractivity contribution is 6.01. The van der Waals surface area contributed by atoms with E-state index in [4.69, 9.17) is 14.2 Å². The maximum Gasteiger partial charge on any atom is 0.184 e. The van der Waals surface area contributed by atoms with E-state index in [1.807, 2.05) is 6.07 Å². The van der Waals surface area contributed by atoms with E-state index in [0.717, 1.165) is 55.4 Å². The molecule has 2 aromatic carbocycles. The number of halogens is 1. The molecule has 1 N–H and O–H groups in total. The summed E-state index contributed by atoms with van der Waals surface area (Å²) in [6.07, 6.45) is 19.1. The lowest BCUT2D eigenvalue weighted by molar-refractivity contribution is -0.545. The molecule has 1 heterocycles. The van der Waals surface area contributed by atoms with Crippen molar-refractivity contribution in [1.29, 1.82) is 0 Å². The van der Waals surface area contributed by atoms with Gasteiger partial charge in [-0.15, -0.1) is 0 Å². The van der Waals surface area contributed by atoms with Crippen LogP contribution in [0, 0.1) is 0 Å². The van der Waals surface area contributed by atoms with Crippen LogP contribution in [0.2, 0.25) is 0 Å². The number of benzene rings is 2. The predicted molar refractivity (Wildman–Crippen MR) is 174 cm³/mol. The molecule has 236 valence electrons. The number of nitrogens with one attached hydrogen (secondary N) is 1. The second kappa shape index (κ2) is 20.7. The van der Waals surface area contributed by atoms with Gasteiger partial charge in [-0.05, 0) is 36.6 Å². The minimum Gasteiger partial charge on any atom is -1.00 e. The normalized spacial score (nSPS) is 12.5. The van der Waals surface area contributed by atoms with Crippen LogP contribution in [0.15, 0.2) is 30.3 Å². The highest BCUT2D eigenvalue weighted by atomic mass is 79.9. The third-order valence-electron chi connectivity index (χ3n) is 8.46. The van der Waals surface area contributed by atoms with Gasteiger partial charge in [0.2, 0.25) is 0 Å². The van der Waals surface area contributed by atoms with Gasteiger partial charge in [-0.25, -0.2) is 4.58 Å². The minimum absolute atomic E-state index is 0. The Bertz CT molecular complexity index is 1090. The molecule has 0 aromatic heterocycles. The monoisotopic (exact) mass is 644 g/mol. The van der Waals surface area contributed by atoms with Crippen LogP contribution in [0.1, 0.15) is 120 Å². The van der Waals surface area contributed by atoms with Gasteiger partial charge >= 0.3 is 0 Å². The van der Waals surface area contributed by atoms with Gasteiger partial charge in [-0.3, -0.25) is 0 Å². The van der Waals surface area contributed by atoms with E-state index < -0.39 is 0 Å². The topological polar surface area (TPSA) is 42.7 Å². The molecule has 0 spiro atoms. The lowest BCUT2D eigenvalue weighted by atomic mass is 9.90. The molecule has 0 saturated heterocycles. The van der Waals surface area contributed by atoms with Crippen LogP contribution in [0.4, 0.5) is 5.69 Å². The summed E-state index contributed by atoms with van der Waals surface area (Å²) in [5.74, 6) is 2.57. The van der Waals surface area contributed by atoms with Crippen molar-refractivity contribution in [2.75, 3.05) is 39.7 Å². The maximum absolute atomic E-state index is 5.93. The Labute approximate surface area is 267 Å². The Morgan fingerprint density at radius 2 is 1.43 bits per heavy atom. The average molecular weight is 646 g/mol. The Morgan fingerprint density at radius 3 is 2.07 bits per heavy atom. The maximum atomic E-state index is 5.93. The third-order valence-corrected chi connectivity index (χ3v) is 8.46. The fraction of sp³-hybridized carbons (Fsp3) is 0.639. The lowest BCUT2D eigenvalue weighted by Crippen LogP contribution is -3.00. The Kier molecular flexibility index (Phi) is 17.7. The van der Waals surface area contributed by atoms with Crippen molar-refractivity contribution in [3.63, 3.8) is 0 Å². The van der Waals surface area contributed by atoms with E-state index in [0.29, 0.717) is 0 Å². The van der Waals surface area contributed by atoms with Crippen LogP contribution in [-0.2, 0) is 13.0 Å². The highest BCUT2D eigenvalue weighted by Crippen LogP contribution is 2.42. The Morgan fingerprint density at radius 1 is 0.762 bits per heavy atom. The molecule has 1 aliphatic heterocycles. The summed E-state index contributed by atoms with van der Waals surface area (Å²) < 4.78 is 20.0. The molecule has 2 aromatic rings. The molecule has 0 radical (unpaired) electrons. The molecule has 0 unspecified atom stereocenters. The first-order valence-electron chi connectivity index (χ1n) is 16.4. The van der Waals surface area contributed by atoms with Crippen LogP contribution in [0.5, 0.6) is 17.2 Å². The second-order valence-corrected chi connectivity index (χ2v) is 11.5. The van der Waals surface area contributed by atoms with Gasteiger partial charge in [-0.2, -0.15) is 0 Å². The predicted octanol–water partition coefficient (Wildman–Crippen LogP) is 6.19. The first kappa shape index (κ1) is 36.0. The number of fused-ring (bicyclic) bond motifs is 1. The first-order chi connectivity index (χ1) is 20.2. The van der Waals surface area contributed by atoms with Crippen LogP contribution in [0.3, 0.4) is 0 Å². The molecule has 0 fully saturated rings. The number of unbranched alkanes of at least 4 members (excludes halogenated alkanes) is 11. The third kappa shape index (κ3) is 10.8. The van der Waals surface area contributed by atoms with E-state index in [1.54, 1.807) is 21.3 Å². The van der Waals surface area contributed by atoms with E-state index in [9.17, 15) is 0 Å². The summed E-state index contributed by atoms with van der Waals surface area (Å²) in [6, 6.07) is 10.7. The summed E-state index contributed by atoms with van der Waals surface area (Å²) in [6.45, 7) is 7.39. The van der Waals surface area contributed by atoms with Gasteiger partial charge in [0, 0.05) is 24.9 Å². The van der Waals surface area contributed by atoms with Crippen molar-refractivity contribution in [1.82, 2.24) is 0 Å². The van der Waals surface area contributed by atoms with Crippen molar-refractivity contribution in [3.8, 4) is 17.2 Å². The van der Waals surface area contributed by atoms with Crippen molar-refractivity contribution < 1.29 is 35.8 Å². The summed E-state index contributed by atoms with van der Waals surface area (Å²) in [7, 11) is 5.26. The number of hydrogen-bond acceptors (Lipinski definition) is 4. The Balaban J connectivity index is 0.00000616. The smallest absolute Gasteiger partial charge is 0.184 e. The van der Waals surface area contributed by atoms with Crippen LogP contribution in [0.25, 0.3) is 0 Å². The molecule has 0 aliphatic carbocycles. The summed E-state index contributed by atoms with van der Waals surface area (Å²) in [5, 5.41) is 3.78. The van der Waals surface area contributed by atoms with E-state index in [1.165, 1.54) is 106 Å². The van der Waals surface area contributed by atoms with Crippen molar-refractivity contribution in [2.24, 2.45) is 0 Å². The molecular weight excluding hydrogens is 588 g/mol. The summed E-state index contributed by atoms with van der Waals surface area (Å²) in [4.78, 5) is 0. The van der Waals surface area contributed by atoms with Crippen LogP contribution >= 0.6 is 0 Å². The largest absolute Gasteiger partial charge is 1.00 e. The van der Waals surface area contributed by atoms with Crippen LogP contribution in [-0.4, -0.2) is 44.7 Å². The van der Waals surface area contributed by atoms with Crippen molar-refractivity contribution >= 4 is 11.4 Å². The van der Waals surface area contributed by atoms with Gasteiger partial charge < -0.3 is 36.5 Å². The lowest BCUT2D eigenvalue weighted by Gasteiger charge is -2.25. The fourth-order valence-corrected chi connectivity index (χ4v) is 6.12. The quantitative estimate of drug-likeness (QED) is 0.130. The number of hydrogen-bond donors (Lipinski definition) is 1. The number of rotatable bonds is 21. The first-order valence-corrected chi connectivity index (χ1v) is 16.4. The Hall–Kier alpha value is -2.21. The molecule has 6 heteroatoms. The van der Waals surface area contributed by atoms with E-state index >= 15 is 0 Å². The van der Waals surface area contributed by atoms with Gasteiger partial charge in [0.1, 0.15) is 12.3 Å². The van der Waals surface area contributed by atoms with Gasteiger partial charge in [0.15, 0.2) is 23.8 Å². The molecular formula is C36H57BrN2O3. The number of nitrogens with zero attached hydrogens (tertiary/aromatic N) is 1. The summed E-state index contributed by atoms with van der Waals surface area (Å²) in [5.41, 5.74) is 6.56. The molecule has 3 rings (SSSR count). The standard InChI is InChI=1S/C36H57N2O3.BrH/c1-6-8-10-12-13-14-15-16-17-22-33-32-27-34(40-4)36(41-5)35(37-24-18-11-9-7-2)31(32)23-25-38(33)28-29-20-19-21-30(26-29)39-3;/h19-21,26-27,37H,6-18,22-25,28H2,1-5H3;1H/q+1;/p-1. The van der Waals surface area contributed by atoms with Crippen molar-refractivity contribution in [3.05, 3.63) is 47.0 Å². The van der Waals surface area contributed by atoms with Gasteiger partial charge in [-0.1, -0.05) is 96.6 Å². The highest BCUT2D eigenvalue weighted by Gasteiger charge is 2.31. The number of anilines is 1. The average Bonchev–Trinajstić information content (AvgIpc) is 3.00. The van der Waals surface area contributed by atoms with Gasteiger partial charge in [0.05, 0.1) is 32.6 Å². The van der Waals surface area contributed by atoms with E-state index in [-0.39, 0.29) is 17.0 Å². The molecule has 0 saturated carbocycles. The van der Waals surface area contributed by atoms with E-state index in [2.05, 4.69) is 48.0 Å². The zero-order valence-electron chi connectivity index (χ0n) is 27.2. The zero-order valence-corrected chi connectivity index (χ0v) is 28.8. The zero-order chi connectivity index (χ0) is 29.3. The number of ether oxygens (including phenoxy) is 3. The fourth-order valence-electron chi connectivity index (χ4n) is 6.12. The SMILES string of the molecule is CCCCCCCCCCCC1=[N+](Cc2cccc(OC)c2)CCc2c1cc(OC)c(OC)c2NCCCCCC.[Br-]. The summed E-state index contributed by atoms with van der Waals surface area (Å²) >= 11 is 0.